The van der Waals surface area contributed by atoms with Gasteiger partial charge in [-0.3, -0.25) is 9.13 Å². The van der Waals surface area contributed by atoms with Crippen LogP contribution in [0.5, 0.6) is 0 Å². The molecule has 2 atom stereocenters. The summed E-state index contributed by atoms with van der Waals surface area (Å²) >= 11 is 1.53. The molecule has 0 aromatic heterocycles. The summed E-state index contributed by atoms with van der Waals surface area (Å²) < 4.78 is 22.5. The molecule has 0 aromatic rings. The molecular weight excluding hydrogens is 290 g/mol. The first kappa shape index (κ1) is 15.7. The molecule has 1 rings (SSSR count). The van der Waals surface area contributed by atoms with E-state index in [4.69, 9.17) is 19.6 Å². The van der Waals surface area contributed by atoms with Gasteiger partial charge in [0, 0.05) is 5.92 Å². The van der Waals surface area contributed by atoms with Gasteiger partial charge in [-0.15, -0.1) is 0 Å². The van der Waals surface area contributed by atoms with Gasteiger partial charge in [-0.05, 0) is 23.8 Å². The van der Waals surface area contributed by atoms with Crippen molar-refractivity contribution in [3.05, 3.63) is 0 Å². The predicted molar refractivity (Wildman–Crippen MR) is 63.6 cm³/mol. The molecule has 1 saturated heterocycles. The Kier molecular flexibility index (Phi) is 4.56. The summed E-state index contributed by atoms with van der Waals surface area (Å²) in [4.78, 5) is 36.3. The molecule has 2 unspecified atom stereocenters. The molecule has 102 valence electrons. The highest BCUT2D eigenvalue weighted by molar-refractivity contribution is 7.99. The second-order valence-corrected chi connectivity index (χ2v) is 9.23. The van der Waals surface area contributed by atoms with Gasteiger partial charge in [0.2, 0.25) is 0 Å². The van der Waals surface area contributed by atoms with E-state index in [0.717, 1.165) is 5.75 Å². The quantitative estimate of drug-likeness (QED) is 0.470. The molecule has 10 heteroatoms. The third-order valence-electron chi connectivity index (χ3n) is 3.14. The fraction of sp³-hybridized carbons (Fsp3) is 1.00. The molecule has 0 bridgehead atoms. The molecule has 7 nitrogen and oxygen atoms in total. The maximum Gasteiger partial charge on any atom is 0.369 e. The summed E-state index contributed by atoms with van der Waals surface area (Å²) in [6.07, 6.45) is 0.578. The first-order valence-electron chi connectivity index (χ1n) is 4.93. The number of aliphatic hydroxyl groups is 1. The Balaban J connectivity index is 3.16. The van der Waals surface area contributed by atoms with E-state index in [0.29, 0.717) is 12.2 Å². The molecule has 0 amide bonds. The molecule has 5 N–H and O–H groups in total. The van der Waals surface area contributed by atoms with Crippen molar-refractivity contribution in [2.45, 2.75) is 18.4 Å². The van der Waals surface area contributed by atoms with Crippen LogP contribution in [0.4, 0.5) is 0 Å². The van der Waals surface area contributed by atoms with Crippen molar-refractivity contribution in [1.29, 1.82) is 0 Å². The van der Waals surface area contributed by atoms with E-state index in [-0.39, 0.29) is 5.92 Å². The molecule has 1 fully saturated rings. The largest absolute Gasteiger partial charge is 0.369 e. The zero-order valence-corrected chi connectivity index (χ0v) is 11.7. The number of hydrogen-bond acceptors (Lipinski definition) is 4. The van der Waals surface area contributed by atoms with Crippen molar-refractivity contribution in [1.82, 2.24) is 0 Å². The lowest BCUT2D eigenvalue weighted by Crippen LogP contribution is -2.40. The number of hydrogen-bond donors (Lipinski definition) is 5. The lowest BCUT2D eigenvalue weighted by Gasteiger charge is -2.37. The van der Waals surface area contributed by atoms with Crippen molar-refractivity contribution in [2.24, 2.45) is 11.8 Å². The highest BCUT2D eigenvalue weighted by Gasteiger charge is 2.64. The SMILES string of the molecule is CC(C1CCSC1)C(O)(P(=O)(O)O)P(=O)(O)O. The molecule has 1 aliphatic heterocycles. The Labute approximate surface area is 103 Å². The van der Waals surface area contributed by atoms with Gasteiger partial charge in [0.1, 0.15) is 0 Å². The summed E-state index contributed by atoms with van der Waals surface area (Å²) in [5.41, 5.74) is 0. The summed E-state index contributed by atoms with van der Waals surface area (Å²) in [6, 6.07) is 0. The molecule has 0 spiro atoms. The molecule has 1 aliphatic rings. The minimum absolute atomic E-state index is 0.315. The predicted octanol–water partition coefficient (Wildman–Crippen LogP) is 0.377. The van der Waals surface area contributed by atoms with Crippen LogP contribution >= 0.6 is 27.0 Å². The first-order chi connectivity index (χ1) is 7.52. The van der Waals surface area contributed by atoms with Crippen LogP contribution in [0.25, 0.3) is 0 Å². The number of rotatable bonds is 4. The molecule has 0 aliphatic carbocycles. The van der Waals surface area contributed by atoms with Crippen molar-refractivity contribution in [3.63, 3.8) is 0 Å². The lowest BCUT2D eigenvalue weighted by atomic mass is 9.94. The average molecular weight is 306 g/mol. The van der Waals surface area contributed by atoms with Crippen molar-refractivity contribution in [3.8, 4) is 0 Å². The van der Waals surface area contributed by atoms with Gasteiger partial charge in [0.25, 0.3) is 5.08 Å². The van der Waals surface area contributed by atoms with E-state index in [9.17, 15) is 14.2 Å². The molecule has 0 saturated carbocycles. The Hall–Kier alpha value is 0.610. The van der Waals surface area contributed by atoms with Gasteiger partial charge < -0.3 is 24.7 Å². The molecular formula is C7H16O7P2S. The standard InChI is InChI=1S/C7H16O7P2S/c1-5(6-2-3-17-4-6)7(8,15(9,10)11)16(12,13)14/h5-6,8H,2-4H2,1H3,(H2,9,10,11)(H2,12,13,14). The van der Waals surface area contributed by atoms with E-state index in [1.807, 2.05) is 0 Å². The summed E-state index contributed by atoms with van der Waals surface area (Å²) in [5, 5.41) is 6.60. The highest BCUT2D eigenvalue weighted by atomic mass is 32.2. The minimum Gasteiger partial charge on any atom is -0.367 e. The third-order valence-corrected chi connectivity index (χ3v) is 8.42. The van der Waals surface area contributed by atoms with Crippen LogP contribution in [0, 0.1) is 11.8 Å². The van der Waals surface area contributed by atoms with Gasteiger partial charge in [-0.1, -0.05) is 6.92 Å². The highest BCUT2D eigenvalue weighted by Crippen LogP contribution is 2.71. The zero-order chi connectivity index (χ0) is 13.5. The lowest BCUT2D eigenvalue weighted by molar-refractivity contribution is 0.0638. The van der Waals surface area contributed by atoms with Crippen LogP contribution in [0.2, 0.25) is 0 Å². The zero-order valence-electron chi connectivity index (χ0n) is 9.13. The Bertz CT molecular complexity index is 346. The minimum atomic E-state index is -5.33. The van der Waals surface area contributed by atoms with Gasteiger partial charge >= 0.3 is 15.2 Å². The van der Waals surface area contributed by atoms with Crippen LogP contribution < -0.4 is 0 Å². The maximum absolute atomic E-state index is 11.2. The average Bonchev–Trinajstić information content (AvgIpc) is 2.64. The molecule has 0 aromatic carbocycles. The molecule has 1 heterocycles. The van der Waals surface area contributed by atoms with E-state index < -0.39 is 26.2 Å². The second-order valence-electron chi connectivity index (χ2n) is 4.19. The van der Waals surface area contributed by atoms with E-state index in [2.05, 4.69) is 0 Å². The monoisotopic (exact) mass is 306 g/mol. The molecule has 17 heavy (non-hydrogen) atoms. The summed E-state index contributed by atoms with van der Waals surface area (Å²) in [5.74, 6) is -0.193. The normalized spacial score (nSPS) is 24.9. The van der Waals surface area contributed by atoms with Crippen LogP contribution in [0.3, 0.4) is 0 Å². The Morgan fingerprint density at radius 3 is 2.00 bits per heavy atom. The summed E-state index contributed by atoms with van der Waals surface area (Å²) in [6.45, 7) is 1.27. The van der Waals surface area contributed by atoms with Crippen LogP contribution in [-0.2, 0) is 9.13 Å². The van der Waals surface area contributed by atoms with E-state index in [1.54, 1.807) is 0 Å². The third kappa shape index (κ3) is 2.80. The van der Waals surface area contributed by atoms with Crippen LogP contribution in [0.1, 0.15) is 13.3 Å². The molecule has 0 radical (unpaired) electrons. The van der Waals surface area contributed by atoms with E-state index in [1.165, 1.54) is 18.7 Å². The van der Waals surface area contributed by atoms with Crippen molar-refractivity contribution >= 4 is 27.0 Å². The summed E-state index contributed by atoms with van der Waals surface area (Å²) in [7, 11) is -10.7. The fourth-order valence-corrected chi connectivity index (χ4v) is 6.20. The van der Waals surface area contributed by atoms with Crippen molar-refractivity contribution < 1.29 is 33.8 Å². The number of thioether (sulfide) groups is 1. The smallest absolute Gasteiger partial charge is 0.367 e. The van der Waals surface area contributed by atoms with Crippen LogP contribution in [0.15, 0.2) is 0 Å². The van der Waals surface area contributed by atoms with Gasteiger partial charge in [0.05, 0.1) is 0 Å². The van der Waals surface area contributed by atoms with Gasteiger partial charge in [-0.25, -0.2) is 0 Å². The van der Waals surface area contributed by atoms with Gasteiger partial charge in [0.15, 0.2) is 0 Å². The Morgan fingerprint density at radius 1 is 1.24 bits per heavy atom. The van der Waals surface area contributed by atoms with Crippen molar-refractivity contribution in [2.75, 3.05) is 11.5 Å². The fourth-order valence-electron chi connectivity index (χ4n) is 1.96. The topological polar surface area (TPSA) is 135 Å². The van der Waals surface area contributed by atoms with E-state index >= 15 is 0 Å². The second kappa shape index (κ2) is 4.94. The maximum atomic E-state index is 11.2. The first-order valence-corrected chi connectivity index (χ1v) is 9.31. The van der Waals surface area contributed by atoms with Crippen LogP contribution in [-0.4, -0.2) is 41.3 Å². The Morgan fingerprint density at radius 2 is 1.71 bits per heavy atom. The van der Waals surface area contributed by atoms with Gasteiger partial charge in [-0.2, -0.15) is 11.8 Å².